The van der Waals surface area contributed by atoms with E-state index in [1.807, 2.05) is 53.1 Å². The van der Waals surface area contributed by atoms with Crippen molar-refractivity contribution in [1.82, 2.24) is 14.5 Å². The monoisotopic (exact) mass is 354 g/mol. The van der Waals surface area contributed by atoms with Gasteiger partial charge in [-0.05, 0) is 48.5 Å². The minimum Gasteiger partial charge on any atom is -0.508 e. The van der Waals surface area contributed by atoms with Crippen molar-refractivity contribution in [2.75, 3.05) is 0 Å². The third-order valence-electron chi connectivity index (χ3n) is 4.42. The van der Waals surface area contributed by atoms with Crippen molar-refractivity contribution < 1.29 is 9.52 Å². The predicted molar refractivity (Wildman–Crippen MR) is 102 cm³/mol. The van der Waals surface area contributed by atoms with Crippen LogP contribution in [0.5, 0.6) is 5.75 Å². The van der Waals surface area contributed by atoms with Gasteiger partial charge in [0.15, 0.2) is 11.5 Å². The molecule has 5 aromatic rings. The number of rotatable bonds is 2. The van der Waals surface area contributed by atoms with Crippen LogP contribution in [0.1, 0.15) is 0 Å². The fourth-order valence-electron chi connectivity index (χ4n) is 3.21. The number of para-hydroxylation sites is 1. The Morgan fingerprint density at radius 3 is 2.67 bits per heavy atom. The number of nitrogens with one attached hydrogen (secondary N) is 1. The lowest BCUT2D eigenvalue weighted by atomic mass is 10.1. The highest BCUT2D eigenvalue weighted by Crippen LogP contribution is 2.28. The zero-order valence-corrected chi connectivity index (χ0v) is 14.1. The second-order valence-corrected chi connectivity index (χ2v) is 6.16. The topological polar surface area (TPSA) is 87.9 Å². The van der Waals surface area contributed by atoms with Crippen LogP contribution in [0.25, 0.3) is 39.2 Å². The maximum absolute atomic E-state index is 9.79. The first-order valence-corrected chi connectivity index (χ1v) is 8.41. The number of pyridine rings is 1. The maximum atomic E-state index is 9.79. The molecular formula is C21H14N4O2. The molecule has 0 bridgehead atoms. The summed E-state index contributed by atoms with van der Waals surface area (Å²) < 4.78 is 7.58. The molecule has 0 aliphatic carbocycles. The first-order chi connectivity index (χ1) is 13.2. The molecule has 6 heteroatoms. The van der Waals surface area contributed by atoms with Crippen LogP contribution in [-0.4, -0.2) is 19.6 Å². The number of phenolic OH excluding ortho intramolecular Hbond substituents is 1. The number of imidazole rings is 1. The summed E-state index contributed by atoms with van der Waals surface area (Å²) in [5.41, 5.74) is 3.38. The molecule has 0 fully saturated rings. The SMILES string of the molecule is N=c1oc2ccc(O)cc2cc1-c1nc2cccnc2n1-c1ccccc1. The fourth-order valence-corrected chi connectivity index (χ4v) is 3.21. The summed E-state index contributed by atoms with van der Waals surface area (Å²) in [6, 6.07) is 20.1. The molecule has 2 aromatic carbocycles. The maximum Gasteiger partial charge on any atom is 0.223 e. The van der Waals surface area contributed by atoms with Crippen molar-refractivity contribution >= 4 is 22.1 Å². The van der Waals surface area contributed by atoms with Crippen LogP contribution in [0.4, 0.5) is 0 Å². The quantitative estimate of drug-likeness (QED) is 0.501. The van der Waals surface area contributed by atoms with Gasteiger partial charge in [-0.25, -0.2) is 9.97 Å². The van der Waals surface area contributed by atoms with Crippen molar-refractivity contribution in [3.8, 4) is 22.8 Å². The van der Waals surface area contributed by atoms with Gasteiger partial charge < -0.3 is 9.52 Å². The number of aromatic nitrogens is 3. The molecular weight excluding hydrogens is 340 g/mol. The largest absolute Gasteiger partial charge is 0.508 e. The highest BCUT2D eigenvalue weighted by Gasteiger charge is 2.18. The number of benzene rings is 2. The number of phenols is 1. The van der Waals surface area contributed by atoms with Gasteiger partial charge in [-0.1, -0.05) is 18.2 Å². The lowest BCUT2D eigenvalue weighted by Gasteiger charge is -2.09. The van der Waals surface area contributed by atoms with Crippen LogP contribution in [0.15, 0.2) is 77.3 Å². The van der Waals surface area contributed by atoms with E-state index in [1.54, 1.807) is 18.3 Å². The van der Waals surface area contributed by atoms with E-state index in [2.05, 4.69) is 4.98 Å². The Balaban J connectivity index is 1.87. The first-order valence-electron chi connectivity index (χ1n) is 8.41. The molecule has 3 heterocycles. The van der Waals surface area contributed by atoms with Crippen molar-refractivity contribution in [3.63, 3.8) is 0 Å². The molecule has 6 nitrogen and oxygen atoms in total. The number of hydrogen-bond acceptors (Lipinski definition) is 5. The third-order valence-corrected chi connectivity index (χ3v) is 4.42. The standard InChI is InChI=1S/C21H14N4O2/c22-19-16(12-13-11-15(26)8-9-18(13)27-19)20-24-17-7-4-10-23-21(17)25(20)14-5-2-1-3-6-14/h1-12,22,26H. The molecule has 27 heavy (non-hydrogen) atoms. The van der Waals surface area contributed by atoms with E-state index in [-0.39, 0.29) is 11.3 Å². The van der Waals surface area contributed by atoms with Crippen molar-refractivity contribution in [3.05, 3.63) is 78.5 Å². The molecule has 0 aliphatic heterocycles. The minimum absolute atomic E-state index is 0.000627. The fraction of sp³-hybridized carbons (Fsp3) is 0. The van der Waals surface area contributed by atoms with Gasteiger partial charge >= 0.3 is 0 Å². The van der Waals surface area contributed by atoms with Crippen LogP contribution in [0.2, 0.25) is 0 Å². The molecule has 5 rings (SSSR count). The van der Waals surface area contributed by atoms with E-state index in [4.69, 9.17) is 14.8 Å². The molecule has 0 atom stereocenters. The molecule has 0 unspecified atom stereocenters. The average molecular weight is 354 g/mol. The highest BCUT2D eigenvalue weighted by atomic mass is 16.3. The lowest BCUT2D eigenvalue weighted by Crippen LogP contribution is -2.08. The van der Waals surface area contributed by atoms with Crippen LogP contribution < -0.4 is 5.55 Å². The third kappa shape index (κ3) is 2.46. The zero-order chi connectivity index (χ0) is 18.4. The molecule has 130 valence electrons. The summed E-state index contributed by atoms with van der Waals surface area (Å²) in [4.78, 5) is 9.19. The van der Waals surface area contributed by atoms with E-state index in [0.29, 0.717) is 28.0 Å². The predicted octanol–water partition coefficient (Wildman–Crippen LogP) is 4.02. The van der Waals surface area contributed by atoms with Crippen molar-refractivity contribution in [2.24, 2.45) is 0 Å². The van der Waals surface area contributed by atoms with Gasteiger partial charge in [0.05, 0.1) is 5.56 Å². The molecule has 0 spiro atoms. The lowest BCUT2D eigenvalue weighted by molar-refractivity contribution is 0.474. The van der Waals surface area contributed by atoms with E-state index in [1.165, 1.54) is 6.07 Å². The molecule has 3 aromatic heterocycles. The van der Waals surface area contributed by atoms with Gasteiger partial charge in [0.1, 0.15) is 16.8 Å². The number of hydrogen-bond donors (Lipinski definition) is 2. The zero-order valence-electron chi connectivity index (χ0n) is 14.1. The second kappa shape index (κ2) is 5.81. The minimum atomic E-state index is 0.000627. The van der Waals surface area contributed by atoms with Gasteiger partial charge in [0.2, 0.25) is 5.55 Å². The van der Waals surface area contributed by atoms with Gasteiger partial charge in [-0.3, -0.25) is 9.98 Å². The molecule has 0 aliphatic rings. The van der Waals surface area contributed by atoms with Gasteiger partial charge in [-0.2, -0.15) is 0 Å². The van der Waals surface area contributed by atoms with Crippen LogP contribution in [-0.2, 0) is 0 Å². The summed E-state index contributed by atoms with van der Waals surface area (Å²) in [7, 11) is 0. The van der Waals surface area contributed by atoms with Crippen molar-refractivity contribution in [1.29, 1.82) is 5.41 Å². The normalized spacial score (nSPS) is 11.3. The Hall–Kier alpha value is -3.93. The molecule has 0 radical (unpaired) electrons. The number of nitrogens with zero attached hydrogens (tertiary/aromatic N) is 3. The number of fused-ring (bicyclic) bond motifs is 2. The molecule has 0 amide bonds. The Morgan fingerprint density at radius 1 is 0.963 bits per heavy atom. The van der Waals surface area contributed by atoms with E-state index >= 15 is 0 Å². The van der Waals surface area contributed by atoms with E-state index in [9.17, 15) is 5.11 Å². The Kier molecular flexibility index (Phi) is 3.30. The summed E-state index contributed by atoms with van der Waals surface area (Å²) in [6.07, 6.45) is 1.72. The van der Waals surface area contributed by atoms with Crippen molar-refractivity contribution in [2.45, 2.75) is 0 Å². The second-order valence-electron chi connectivity index (χ2n) is 6.16. The molecule has 0 saturated heterocycles. The molecule has 0 saturated carbocycles. The van der Waals surface area contributed by atoms with E-state index < -0.39 is 0 Å². The first kappa shape index (κ1) is 15.3. The summed E-state index contributed by atoms with van der Waals surface area (Å²) >= 11 is 0. The summed E-state index contributed by atoms with van der Waals surface area (Å²) in [5.74, 6) is 0.702. The van der Waals surface area contributed by atoms with E-state index in [0.717, 1.165) is 11.2 Å². The van der Waals surface area contributed by atoms with Crippen LogP contribution in [0.3, 0.4) is 0 Å². The highest BCUT2D eigenvalue weighted by molar-refractivity contribution is 5.85. The van der Waals surface area contributed by atoms with Gasteiger partial charge in [0, 0.05) is 17.3 Å². The average Bonchev–Trinajstić information content (AvgIpc) is 3.07. The smallest absolute Gasteiger partial charge is 0.223 e. The Morgan fingerprint density at radius 2 is 1.81 bits per heavy atom. The van der Waals surface area contributed by atoms with Crippen LogP contribution in [0, 0.1) is 5.41 Å². The van der Waals surface area contributed by atoms with Gasteiger partial charge in [-0.15, -0.1) is 0 Å². The molecule has 2 N–H and O–H groups in total. The summed E-state index contributed by atoms with van der Waals surface area (Å²) in [5, 5.41) is 18.9. The summed E-state index contributed by atoms with van der Waals surface area (Å²) in [6.45, 7) is 0. The van der Waals surface area contributed by atoms with Gasteiger partial charge in [0.25, 0.3) is 0 Å². The number of aromatic hydroxyl groups is 1. The van der Waals surface area contributed by atoms with Crippen LogP contribution >= 0.6 is 0 Å². The Labute approximate surface area is 153 Å². The Bertz CT molecular complexity index is 1350.